The fraction of sp³-hybridized carbons (Fsp3) is 0.857. The minimum Gasteiger partial charge on any atom is -0.305 e. The van der Waals surface area contributed by atoms with E-state index in [1.54, 1.807) is 0 Å². The van der Waals surface area contributed by atoms with E-state index in [-0.39, 0.29) is 0 Å². The van der Waals surface area contributed by atoms with Crippen LogP contribution in [0.3, 0.4) is 0 Å². The summed E-state index contributed by atoms with van der Waals surface area (Å²) in [7, 11) is 2.27. The molecule has 2 nitrogen and oxygen atoms in total. The highest BCUT2D eigenvalue weighted by Gasteiger charge is 2.12. The molecule has 0 amide bonds. The molecule has 0 aromatic rings. The van der Waals surface area contributed by atoms with Gasteiger partial charge in [-0.2, -0.15) is 0 Å². The van der Waals surface area contributed by atoms with Crippen molar-refractivity contribution in [3.8, 4) is 0 Å². The van der Waals surface area contributed by atoms with E-state index in [1.807, 2.05) is 0 Å². The Balaban J connectivity index is 2.14. The second kappa shape index (κ2) is 7.86. The van der Waals surface area contributed by atoms with Gasteiger partial charge in [-0.3, -0.25) is 0 Å². The van der Waals surface area contributed by atoms with Crippen LogP contribution >= 0.6 is 0 Å². The molecular formula is C14H28N2. The van der Waals surface area contributed by atoms with E-state index in [9.17, 15) is 0 Å². The van der Waals surface area contributed by atoms with Gasteiger partial charge in [0, 0.05) is 19.6 Å². The summed E-state index contributed by atoms with van der Waals surface area (Å²) in [5, 5.41) is 0. The molecule has 0 bridgehead atoms. The Morgan fingerprint density at radius 1 is 1.12 bits per heavy atom. The zero-order valence-corrected chi connectivity index (χ0v) is 11.3. The molecule has 0 fully saturated rings. The minimum absolute atomic E-state index is 0.895. The van der Waals surface area contributed by atoms with Crippen LogP contribution in [0.5, 0.6) is 0 Å². The van der Waals surface area contributed by atoms with E-state index in [0.29, 0.717) is 0 Å². The number of hydrogen-bond acceptors (Lipinski definition) is 2. The SMILES string of the molecule is CCN(CC)CCN(C)C[C@@H]1CC=CCC1. The predicted octanol–water partition coefficient (Wildman–Crippen LogP) is 2.62. The average Bonchev–Trinajstić information content (AvgIpc) is 2.31. The molecule has 0 aromatic carbocycles. The molecule has 0 radical (unpaired) electrons. The van der Waals surface area contributed by atoms with Crippen molar-refractivity contribution in [1.29, 1.82) is 0 Å². The first-order valence-corrected chi connectivity index (χ1v) is 6.82. The molecule has 16 heavy (non-hydrogen) atoms. The molecule has 0 unspecified atom stereocenters. The van der Waals surface area contributed by atoms with Crippen molar-refractivity contribution in [2.45, 2.75) is 33.1 Å². The monoisotopic (exact) mass is 224 g/mol. The number of hydrogen-bond donors (Lipinski definition) is 0. The van der Waals surface area contributed by atoms with Gasteiger partial charge < -0.3 is 9.80 Å². The predicted molar refractivity (Wildman–Crippen MR) is 71.8 cm³/mol. The molecule has 0 spiro atoms. The van der Waals surface area contributed by atoms with Crippen molar-refractivity contribution in [1.82, 2.24) is 9.80 Å². The van der Waals surface area contributed by atoms with Crippen LogP contribution in [0.25, 0.3) is 0 Å². The highest BCUT2D eigenvalue weighted by molar-refractivity contribution is 4.90. The van der Waals surface area contributed by atoms with Crippen molar-refractivity contribution < 1.29 is 0 Å². The highest BCUT2D eigenvalue weighted by Crippen LogP contribution is 2.18. The van der Waals surface area contributed by atoms with Crippen LogP contribution in [0.1, 0.15) is 33.1 Å². The molecule has 1 atom stereocenters. The van der Waals surface area contributed by atoms with E-state index in [4.69, 9.17) is 0 Å². The summed E-state index contributed by atoms with van der Waals surface area (Å²) < 4.78 is 0. The molecule has 0 N–H and O–H groups in total. The molecule has 0 heterocycles. The van der Waals surface area contributed by atoms with Gasteiger partial charge in [0.2, 0.25) is 0 Å². The number of nitrogens with zero attached hydrogens (tertiary/aromatic N) is 2. The maximum absolute atomic E-state index is 2.50. The topological polar surface area (TPSA) is 6.48 Å². The Labute approximate surface area is 101 Å². The van der Waals surface area contributed by atoms with Gasteiger partial charge in [0.25, 0.3) is 0 Å². The van der Waals surface area contributed by atoms with E-state index in [2.05, 4.69) is 42.8 Å². The standard InChI is InChI=1S/C14H28N2/c1-4-16(5-2)12-11-15(3)13-14-9-7-6-8-10-14/h6-7,14H,4-5,8-13H2,1-3H3/t14-/m1/s1. The lowest BCUT2D eigenvalue weighted by molar-refractivity contribution is 0.215. The van der Waals surface area contributed by atoms with Crippen LogP contribution < -0.4 is 0 Å². The third-order valence-electron chi connectivity index (χ3n) is 3.64. The Hall–Kier alpha value is -0.340. The van der Waals surface area contributed by atoms with E-state index in [0.717, 1.165) is 5.92 Å². The molecule has 0 aliphatic heterocycles. The quantitative estimate of drug-likeness (QED) is 0.613. The Bertz CT molecular complexity index is 197. The number of allylic oxidation sites excluding steroid dienone is 2. The van der Waals surface area contributed by atoms with Gasteiger partial charge in [0.05, 0.1) is 0 Å². The zero-order chi connectivity index (χ0) is 11.8. The van der Waals surface area contributed by atoms with Gasteiger partial charge in [0.15, 0.2) is 0 Å². The summed E-state index contributed by atoms with van der Waals surface area (Å²) in [6.07, 6.45) is 8.63. The van der Waals surface area contributed by atoms with Crippen molar-refractivity contribution >= 4 is 0 Å². The molecule has 0 saturated heterocycles. The maximum atomic E-state index is 2.50. The summed E-state index contributed by atoms with van der Waals surface area (Å²) in [6.45, 7) is 10.5. The van der Waals surface area contributed by atoms with Gasteiger partial charge in [-0.15, -0.1) is 0 Å². The van der Waals surface area contributed by atoms with Gasteiger partial charge >= 0.3 is 0 Å². The van der Waals surface area contributed by atoms with Crippen molar-refractivity contribution in [3.05, 3.63) is 12.2 Å². The molecule has 1 rings (SSSR count). The van der Waals surface area contributed by atoms with E-state index in [1.165, 1.54) is 52.0 Å². The zero-order valence-electron chi connectivity index (χ0n) is 11.3. The normalized spacial score (nSPS) is 20.9. The molecular weight excluding hydrogens is 196 g/mol. The summed E-state index contributed by atoms with van der Waals surface area (Å²) in [6, 6.07) is 0. The fourth-order valence-electron chi connectivity index (χ4n) is 2.41. The fourth-order valence-corrected chi connectivity index (χ4v) is 2.41. The highest BCUT2D eigenvalue weighted by atomic mass is 15.2. The molecule has 0 saturated carbocycles. The lowest BCUT2D eigenvalue weighted by atomic mass is 9.94. The second-order valence-corrected chi connectivity index (χ2v) is 4.94. The van der Waals surface area contributed by atoms with Crippen LogP contribution in [-0.4, -0.2) is 49.6 Å². The van der Waals surface area contributed by atoms with Crippen LogP contribution in [0, 0.1) is 5.92 Å². The Kier molecular flexibility index (Phi) is 6.74. The van der Waals surface area contributed by atoms with Crippen LogP contribution in [0.15, 0.2) is 12.2 Å². The largest absolute Gasteiger partial charge is 0.305 e. The van der Waals surface area contributed by atoms with Gasteiger partial charge in [-0.1, -0.05) is 26.0 Å². The third kappa shape index (κ3) is 5.13. The third-order valence-corrected chi connectivity index (χ3v) is 3.64. The molecule has 1 aliphatic rings. The van der Waals surface area contributed by atoms with Crippen molar-refractivity contribution in [2.75, 3.05) is 39.8 Å². The van der Waals surface area contributed by atoms with Gasteiger partial charge in [0.1, 0.15) is 0 Å². The first kappa shape index (κ1) is 13.7. The van der Waals surface area contributed by atoms with Crippen LogP contribution in [0.2, 0.25) is 0 Å². The summed E-state index contributed by atoms with van der Waals surface area (Å²) in [4.78, 5) is 5.00. The summed E-state index contributed by atoms with van der Waals surface area (Å²) in [5.74, 6) is 0.895. The maximum Gasteiger partial charge on any atom is 0.0109 e. The molecule has 2 heteroatoms. The Morgan fingerprint density at radius 2 is 1.88 bits per heavy atom. The summed E-state index contributed by atoms with van der Waals surface area (Å²) >= 11 is 0. The van der Waals surface area contributed by atoms with Crippen molar-refractivity contribution in [3.63, 3.8) is 0 Å². The second-order valence-electron chi connectivity index (χ2n) is 4.94. The van der Waals surface area contributed by atoms with Gasteiger partial charge in [-0.25, -0.2) is 0 Å². The average molecular weight is 224 g/mol. The smallest absolute Gasteiger partial charge is 0.0109 e. The molecule has 0 aromatic heterocycles. The lowest BCUT2D eigenvalue weighted by Crippen LogP contribution is -2.35. The van der Waals surface area contributed by atoms with Gasteiger partial charge in [-0.05, 0) is 45.3 Å². The first-order chi connectivity index (χ1) is 7.76. The first-order valence-electron chi connectivity index (χ1n) is 6.82. The van der Waals surface area contributed by atoms with Crippen LogP contribution in [0.4, 0.5) is 0 Å². The minimum atomic E-state index is 0.895. The number of rotatable bonds is 7. The van der Waals surface area contributed by atoms with Crippen LogP contribution in [-0.2, 0) is 0 Å². The number of likely N-dealkylation sites (N-methyl/N-ethyl adjacent to an activating group) is 2. The molecule has 1 aliphatic carbocycles. The van der Waals surface area contributed by atoms with E-state index >= 15 is 0 Å². The molecule has 94 valence electrons. The summed E-state index contributed by atoms with van der Waals surface area (Å²) in [5.41, 5.74) is 0. The van der Waals surface area contributed by atoms with E-state index < -0.39 is 0 Å². The lowest BCUT2D eigenvalue weighted by Gasteiger charge is -2.27. The Morgan fingerprint density at radius 3 is 2.44 bits per heavy atom. The van der Waals surface area contributed by atoms with Crippen molar-refractivity contribution in [2.24, 2.45) is 5.92 Å².